The van der Waals surface area contributed by atoms with Crippen LogP contribution in [0.25, 0.3) is 22.6 Å². The third-order valence-electron chi connectivity index (χ3n) is 11.7. The average molecular weight is 747 g/mol. The number of hydrogen-bond acceptors (Lipinski definition) is 7. The summed E-state index contributed by atoms with van der Waals surface area (Å²) >= 11 is 0. The van der Waals surface area contributed by atoms with Crippen LogP contribution in [0.15, 0.2) is 103 Å². The van der Waals surface area contributed by atoms with E-state index in [0.717, 1.165) is 48.6 Å². The Hall–Kier alpha value is -5.65. The summed E-state index contributed by atoms with van der Waals surface area (Å²) in [6, 6.07) is 29.8. The van der Waals surface area contributed by atoms with Gasteiger partial charge in [-0.3, -0.25) is 4.79 Å². The summed E-state index contributed by atoms with van der Waals surface area (Å²) in [5.41, 5.74) is 1.09. The van der Waals surface area contributed by atoms with Crippen LogP contribution in [-0.4, -0.2) is 49.3 Å². The largest absolute Gasteiger partial charge is 0.466 e. The lowest BCUT2D eigenvalue weighted by Crippen LogP contribution is -2.52. The monoisotopic (exact) mass is 746 g/mol. The van der Waals surface area contributed by atoms with Crippen molar-refractivity contribution in [2.75, 3.05) is 11.9 Å². The highest BCUT2D eigenvalue weighted by molar-refractivity contribution is 5.90. The summed E-state index contributed by atoms with van der Waals surface area (Å²) in [6.45, 7) is 1.94. The van der Waals surface area contributed by atoms with E-state index >= 15 is 8.78 Å². The molecule has 0 amide bonds. The Morgan fingerprint density at radius 3 is 1.98 bits per heavy atom. The molecule has 4 fully saturated rings. The fourth-order valence-corrected chi connectivity index (χ4v) is 9.08. The fourth-order valence-electron chi connectivity index (χ4n) is 9.08. The molecular formula is C43H38F4N6O2. The molecular weight excluding hydrogens is 709 g/mol. The minimum atomic E-state index is -3.17. The van der Waals surface area contributed by atoms with Gasteiger partial charge in [0.15, 0.2) is 23.1 Å². The van der Waals surface area contributed by atoms with Crippen LogP contribution in [0.5, 0.6) is 0 Å². The molecule has 1 unspecified atom stereocenters. The molecule has 0 radical (unpaired) electrons. The van der Waals surface area contributed by atoms with Gasteiger partial charge in [-0.25, -0.2) is 37.2 Å². The Balaban J connectivity index is 1.28. The average Bonchev–Trinajstić information content (AvgIpc) is 3.69. The van der Waals surface area contributed by atoms with Gasteiger partial charge in [-0.2, -0.15) is 5.10 Å². The van der Waals surface area contributed by atoms with Crippen molar-refractivity contribution in [1.82, 2.24) is 24.7 Å². The van der Waals surface area contributed by atoms with Gasteiger partial charge < -0.3 is 10.1 Å². The molecule has 10 rings (SSSR count). The maximum Gasteiger partial charge on any atom is 0.311 e. The Bertz CT molecular complexity index is 2270. The van der Waals surface area contributed by atoms with E-state index in [9.17, 15) is 13.6 Å². The van der Waals surface area contributed by atoms with Crippen molar-refractivity contribution >= 4 is 22.8 Å². The lowest BCUT2D eigenvalue weighted by molar-refractivity contribution is -0.154. The number of fused-ring (bicyclic) bond motifs is 4. The standard InChI is InChI=1S/C43H38F4N6O2/c1-2-55-41(54)33-25-18-20-26(21-19-25)35(33)49-38-34(45)37(32-23-42(32,46)47)50-39(51-38)36-31-22-30(44)24-48-40(31)53(52-36)43(27-12-6-3-7-13-27,28-14-8-4-9-15-28)29-16-10-5-11-17-29/h3-17,22,24-26,32-33,35H,2,18-21,23H2,1H3,(H,49,50,51)/t25?,26?,32?,33-,35-/m0/s1. The van der Waals surface area contributed by atoms with Crippen LogP contribution in [0, 0.1) is 29.4 Å². The second-order valence-electron chi connectivity index (χ2n) is 14.8. The number of aromatic nitrogens is 5. The van der Waals surface area contributed by atoms with E-state index in [4.69, 9.17) is 9.84 Å². The highest BCUT2D eigenvalue weighted by atomic mass is 19.3. The number of rotatable bonds is 10. The van der Waals surface area contributed by atoms with Crippen LogP contribution < -0.4 is 5.32 Å². The lowest BCUT2D eigenvalue weighted by atomic mass is 9.61. The Morgan fingerprint density at radius 2 is 1.44 bits per heavy atom. The highest BCUT2D eigenvalue weighted by Crippen LogP contribution is 2.56. The zero-order valence-corrected chi connectivity index (χ0v) is 30.0. The van der Waals surface area contributed by atoms with Gasteiger partial charge in [-0.15, -0.1) is 0 Å². The first-order chi connectivity index (χ1) is 26.7. The first-order valence-corrected chi connectivity index (χ1v) is 18.8. The van der Waals surface area contributed by atoms with E-state index in [0.29, 0.717) is 0 Å². The predicted molar refractivity (Wildman–Crippen MR) is 198 cm³/mol. The van der Waals surface area contributed by atoms with Crippen molar-refractivity contribution in [2.45, 2.75) is 62.4 Å². The van der Waals surface area contributed by atoms with Crippen LogP contribution in [-0.2, 0) is 15.1 Å². The van der Waals surface area contributed by atoms with Gasteiger partial charge in [0.05, 0.1) is 35.7 Å². The summed E-state index contributed by atoms with van der Waals surface area (Å²) in [7, 11) is 0. The van der Waals surface area contributed by atoms with Crippen molar-refractivity contribution in [3.63, 3.8) is 0 Å². The SMILES string of the molecule is CCOC(=O)[C@H]1C2CCC(CC2)[C@@H]1Nc1nc(-c2nn(C(c3ccccc3)(c3ccccc3)c3ccccc3)c3ncc(F)cc23)nc(C2CC2(F)F)c1F. The molecule has 3 aromatic carbocycles. The van der Waals surface area contributed by atoms with E-state index in [2.05, 4.69) is 20.3 Å². The fraction of sp³-hybridized carbons (Fsp3) is 0.326. The van der Waals surface area contributed by atoms with Gasteiger partial charge in [-0.1, -0.05) is 91.0 Å². The number of nitrogens with zero attached hydrogens (tertiary/aromatic N) is 5. The summed E-state index contributed by atoms with van der Waals surface area (Å²) < 4.78 is 68.6. The number of ether oxygens (including phenoxy) is 1. The van der Waals surface area contributed by atoms with E-state index < -0.39 is 53.1 Å². The topological polar surface area (TPSA) is 94.8 Å². The smallest absolute Gasteiger partial charge is 0.311 e. The molecule has 4 aliphatic carbocycles. The molecule has 3 aromatic heterocycles. The van der Waals surface area contributed by atoms with Crippen molar-refractivity contribution in [1.29, 1.82) is 0 Å². The maximum absolute atomic E-state index is 16.6. The van der Waals surface area contributed by atoms with Crippen LogP contribution in [0.3, 0.4) is 0 Å². The Labute approximate surface area is 315 Å². The molecule has 4 saturated carbocycles. The van der Waals surface area contributed by atoms with Gasteiger partial charge in [0.25, 0.3) is 5.92 Å². The summed E-state index contributed by atoms with van der Waals surface area (Å²) in [5.74, 6) is -7.67. The number of alkyl halides is 2. The van der Waals surface area contributed by atoms with Gasteiger partial charge in [0.2, 0.25) is 0 Å². The molecule has 3 atom stereocenters. The minimum Gasteiger partial charge on any atom is -0.466 e. The minimum absolute atomic E-state index is 0.0182. The third kappa shape index (κ3) is 5.84. The number of pyridine rings is 1. The molecule has 0 aliphatic heterocycles. The second-order valence-corrected chi connectivity index (χ2v) is 14.8. The Morgan fingerprint density at radius 1 is 0.873 bits per heavy atom. The maximum atomic E-state index is 16.6. The third-order valence-corrected chi connectivity index (χ3v) is 11.7. The number of esters is 1. The molecule has 0 saturated heterocycles. The molecule has 6 aromatic rings. The van der Waals surface area contributed by atoms with Crippen LogP contribution in [0.1, 0.15) is 67.3 Å². The molecule has 0 spiro atoms. The number of halogens is 4. The molecule has 55 heavy (non-hydrogen) atoms. The highest BCUT2D eigenvalue weighted by Gasteiger charge is 2.60. The number of carbonyl (C=O) groups is 1. The summed E-state index contributed by atoms with van der Waals surface area (Å²) in [6.07, 6.45) is 3.86. The first kappa shape index (κ1) is 35.1. The number of nitrogens with one attached hydrogen (secondary N) is 1. The molecule has 12 heteroatoms. The molecule has 280 valence electrons. The van der Waals surface area contributed by atoms with Crippen LogP contribution in [0.2, 0.25) is 0 Å². The number of benzene rings is 3. The second kappa shape index (κ2) is 13.6. The van der Waals surface area contributed by atoms with Crippen LogP contribution >= 0.6 is 0 Å². The normalized spacial score (nSPS) is 22.7. The van der Waals surface area contributed by atoms with Crippen molar-refractivity contribution in [3.8, 4) is 11.5 Å². The summed E-state index contributed by atoms with van der Waals surface area (Å²) in [5, 5.41) is 8.55. The molecule has 3 heterocycles. The first-order valence-electron chi connectivity index (χ1n) is 18.8. The van der Waals surface area contributed by atoms with E-state index in [1.165, 1.54) is 6.07 Å². The van der Waals surface area contributed by atoms with Gasteiger partial charge in [-0.05, 0) is 67.2 Å². The van der Waals surface area contributed by atoms with Gasteiger partial charge >= 0.3 is 5.97 Å². The zero-order chi connectivity index (χ0) is 37.9. The van der Waals surface area contributed by atoms with Crippen molar-refractivity contribution in [2.24, 2.45) is 17.8 Å². The van der Waals surface area contributed by atoms with E-state index in [1.807, 2.05) is 91.0 Å². The Kier molecular flexibility index (Phi) is 8.66. The van der Waals surface area contributed by atoms with Crippen LogP contribution in [0.4, 0.5) is 23.4 Å². The van der Waals surface area contributed by atoms with Gasteiger partial charge in [0.1, 0.15) is 17.1 Å². The molecule has 8 nitrogen and oxygen atoms in total. The predicted octanol–water partition coefficient (Wildman–Crippen LogP) is 8.91. The number of hydrogen-bond donors (Lipinski definition) is 1. The van der Waals surface area contributed by atoms with E-state index in [1.54, 1.807) is 11.6 Å². The lowest BCUT2D eigenvalue weighted by Gasteiger charge is -2.47. The molecule has 4 aliphatic rings. The number of anilines is 1. The van der Waals surface area contributed by atoms with E-state index in [-0.39, 0.29) is 52.8 Å². The molecule has 2 bridgehead atoms. The number of carbonyl (C=O) groups excluding carboxylic acids is 1. The quantitative estimate of drug-likeness (QED) is 0.0850. The molecule has 1 N–H and O–H groups in total. The van der Waals surface area contributed by atoms with Crippen molar-refractivity contribution < 1.29 is 27.1 Å². The zero-order valence-electron chi connectivity index (χ0n) is 30.0. The summed E-state index contributed by atoms with van der Waals surface area (Å²) in [4.78, 5) is 27.0. The van der Waals surface area contributed by atoms with Gasteiger partial charge in [0, 0.05) is 12.5 Å². The van der Waals surface area contributed by atoms with Crippen molar-refractivity contribution in [3.05, 3.63) is 137 Å².